The van der Waals surface area contributed by atoms with Gasteiger partial charge in [-0.2, -0.15) is 0 Å². The summed E-state index contributed by atoms with van der Waals surface area (Å²) in [6.07, 6.45) is -0.352. The lowest BCUT2D eigenvalue weighted by molar-refractivity contribution is -0.142. The number of nitrogens with one attached hydrogen (secondary N) is 3. The number of anilines is 2. The first-order valence-electron chi connectivity index (χ1n) is 12.3. The van der Waals surface area contributed by atoms with E-state index < -0.39 is 29.7 Å². The van der Waals surface area contributed by atoms with Gasteiger partial charge in [0.2, 0.25) is 5.91 Å². The fourth-order valence-electron chi connectivity index (χ4n) is 4.22. The van der Waals surface area contributed by atoms with E-state index in [1.807, 2.05) is 32.0 Å². The summed E-state index contributed by atoms with van der Waals surface area (Å²) < 4.78 is 21.3. The van der Waals surface area contributed by atoms with E-state index in [-0.39, 0.29) is 34.7 Å². The molecule has 1 atom stereocenters. The number of fused-ring (bicyclic) bond motifs is 1. The smallest absolute Gasteiger partial charge is 0.308 e. The minimum Gasteiger partial charge on any atom is -0.497 e. The van der Waals surface area contributed by atoms with E-state index in [2.05, 4.69) is 20.7 Å². The number of carbonyl (C=O) groups excluding carboxylic acids is 4. The van der Waals surface area contributed by atoms with Crippen LogP contribution in [0.3, 0.4) is 0 Å². The highest BCUT2D eigenvalue weighted by atomic mass is 16.5. The minimum atomic E-state index is -1.15. The molecule has 208 valence electrons. The number of hydrogen-bond donors (Lipinski definition) is 3. The molecular formula is C29H29N3O8. The van der Waals surface area contributed by atoms with Gasteiger partial charge in [-0.1, -0.05) is 6.07 Å². The number of aryl methyl sites for hydroxylation is 2. The van der Waals surface area contributed by atoms with E-state index in [0.29, 0.717) is 17.2 Å². The van der Waals surface area contributed by atoms with Gasteiger partial charge < -0.3 is 34.9 Å². The van der Waals surface area contributed by atoms with Gasteiger partial charge in [0, 0.05) is 11.6 Å². The number of benzene rings is 3. The molecule has 3 N–H and O–H groups in total. The molecule has 0 bridgehead atoms. The van der Waals surface area contributed by atoms with Crippen LogP contribution in [0.2, 0.25) is 0 Å². The molecule has 3 aromatic carbocycles. The third-order valence-electron chi connectivity index (χ3n) is 6.13. The predicted octanol–water partition coefficient (Wildman–Crippen LogP) is 3.98. The van der Waals surface area contributed by atoms with E-state index in [9.17, 15) is 19.2 Å². The zero-order valence-corrected chi connectivity index (χ0v) is 22.7. The number of rotatable bonds is 8. The average Bonchev–Trinajstić information content (AvgIpc) is 3.02. The van der Waals surface area contributed by atoms with Crippen molar-refractivity contribution in [2.75, 3.05) is 32.0 Å². The molecule has 1 aliphatic heterocycles. The summed E-state index contributed by atoms with van der Waals surface area (Å²) in [5.41, 5.74) is 2.54. The molecule has 3 amide bonds. The first-order chi connectivity index (χ1) is 19.1. The molecule has 11 heteroatoms. The lowest BCUT2D eigenvalue weighted by Crippen LogP contribution is -2.42. The second kappa shape index (κ2) is 11.8. The first kappa shape index (κ1) is 28.0. The summed E-state index contributed by atoms with van der Waals surface area (Å²) in [5, 5.41) is 8.00. The number of ether oxygens (including phenoxy) is 4. The number of esters is 1. The molecule has 11 nitrogen and oxygen atoms in total. The molecule has 3 aromatic rings. The van der Waals surface area contributed by atoms with Gasteiger partial charge >= 0.3 is 5.97 Å². The lowest BCUT2D eigenvalue weighted by atomic mass is 10.1. The van der Waals surface area contributed by atoms with Crippen LogP contribution in [0.25, 0.3) is 0 Å². The molecule has 0 radical (unpaired) electrons. The van der Waals surface area contributed by atoms with Crippen molar-refractivity contribution in [3.8, 4) is 23.0 Å². The van der Waals surface area contributed by atoms with E-state index in [1.54, 1.807) is 18.2 Å². The van der Waals surface area contributed by atoms with Crippen molar-refractivity contribution < 1.29 is 38.1 Å². The Hall–Kier alpha value is -5.06. The Labute approximate surface area is 230 Å². The Kier molecular flexibility index (Phi) is 8.23. The van der Waals surface area contributed by atoms with Crippen LogP contribution in [0.4, 0.5) is 11.4 Å². The van der Waals surface area contributed by atoms with Crippen LogP contribution in [0, 0.1) is 13.8 Å². The summed E-state index contributed by atoms with van der Waals surface area (Å²) in [6, 6.07) is 12.0. The number of carbonyl (C=O) groups is 4. The number of hydrogen-bond acceptors (Lipinski definition) is 8. The third kappa shape index (κ3) is 6.32. The highest BCUT2D eigenvalue weighted by Gasteiger charge is 2.31. The molecule has 0 spiro atoms. The maximum atomic E-state index is 13.3. The van der Waals surface area contributed by atoms with Crippen LogP contribution in [0.5, 0.6) is 23.0 Å². The monoisotopic (exact) mass is 547 g/mol. The molecule has 0 saturated carbocycles. The second-order valence-electron chi connectivity index (χ2n) is 9.17. The maximum Gasteiger partial charge on any atom is 0.308 e. The van der Waals surface area contributed by atoms with Crippen LogP contribution in [-0.2, 0) is 14.3 Å². The molecule has 1 heterocycles. The summed E-state index contributed by atoms with van der Waals surface area (Å²) in [6.45, 7) is 3.83. The minimum absolute atomic E-state index is 0.0844. The van der Waals surface area contributed by atoms with Gasteiger partial charge in [-0.15, -0.1) is 0 Å². The van der Waals surface area contributed by atoms with Crippen molar-refractivity contribution >= 4 is 35.1 Å². The molecule has 0 fully saturated rings. The van der Waals surface area contributed by atoms with Gasteiger partial charge in [-0.05, 0) is 61.4 Å². The van der Waals surface area contributed by atoms with Crippen LogP contribution >= 0.6 is 0 Å². The van der Waals surface area contributed by atoms with Gasteiger partial charge in [-0.3, -0.25) is 19.2 Å². The zero-order valence-electron chi connectivity index (χ0n) is 22.7. The standard InChI is InChI=1S/C29H29N3O8/c1-15-6-16(2)8-20(7-15)40-25-12-21-22(30-29(36)24(32-28(21)35)14-26(33)39-5)13-23(25)31-27(34)17-9-18(37-3)11-19(10-17)38-4/h6-13,24H,14H2,1-5H3,(H,30,36)(H,31,34)(H,32,35)/t24-/m0/s1. The van der Waals surface area contributed by atoms with Gasteiger partial charge in [0.05, 0.1) is 44.7 Å². The Morgan fingerprint density at radius 3 is 2.10 bits per heavy atom. The van der Waals surface area contributed by atoms with Crippen molar-refractivity contribution in [1.29, 1.82) is 0 Å². The molecule has 40 heavy (non-hydrogen) atoms. The molecule has 0 unspecified atom stereocenters. The normalized spacial score (nSPS) is 14.2. The van der Waals surface area contributed by atoms with Crippen LogP contribution in [-0.4, -0.2) is 51.1 Å². The molecular weight excluding hydrogens is 518 g/mol. The largest absolute Gasteiger partial charge is 0.497 e. The Balaban J connectivity index is 1.76. The summed E-state index contributed by atoms with van der Waals surface area (Å²) in [4.78, 5) is 51.1. The Morgan fingerprint density at radius 1 is 0.850 bits per heavy atom. The van der Waals surface area contributed by atoms with E-state index in [4.69, 9.17) is 14.2 Å². The highest BCUT2D eigenvalue weighted by molar-refractivity contribution is 6.13. The van der Waals surface area contributed by atoms with Crippen LogP contribution < -0.4 is 30.2 Å². The summed E-state index contributed by atoms with van der Waals surface area (Å²) >= 11 is 0. The van der Waals surface area contributed by atoms with E-state index >= 15 is 0 Å². The first-order valence-corrected chi connectivity index (χ1v) is 12.3. The number of methoxy groups -OCH3 is 3. The van der Waals surface area contributed by atoms with Gasteiger partial charge in [-0.25, -0.2) is 0 Å². The summed E-state index contributed by atoms with van der Waals surface area (Å²) in [7, 11) is 4.14. The zero-order chi connectivity index (χ0) is 29.0. The fraction of sp³-hybridized carbons (Fsp3) is 0.241. The van der Waals surface area contributed by atoms with Crippen molar-refractivity contribution in [3.05, 3.63) is 70.8 Å². The maximum absolute atomic E-state index is 13.3. The Bertz CT molecular complexity index is 1460. The highest BCUT2D eigenvalue weighted by Crippen LogP contribution is 2.37. The van der Waals surface area contributed by atoms with E-state index in [0.717, 1.165) is 11.1 Å². The van der Waals surface area contributed by atoms with Gasteiger partial charge in [0.15, 0.2) is 5.75 Å². The van der Waals surface area contributed by atoms with Crippen LogP contribution in [0.15, 0.2) is 48.5 Å². The molecule has 0 saturated heterocycles. The fourth-order valence-corrected chi connectivity index (χ4v) is 4.22. The molecule has 0 aliphatic carbocycles. The Morgan fingerprint density at radius 2 is 1.50 bits per heavy atom. The number of amides is 3. The van der Waals surface area contributed by atoms with Crippen molar-refractivity contribution in [1.82, 2.24) is 5.32 Å². The quantitative estimate of drug-likeness (QED) is 0.360. The SMILES string of the molecule is COC(=O)C[C@@H]1NC(=O)c2cc(Oc3cc(C)cc(C)c3)c(NC(=O)c3cc(OC)cc(OC)c3)cc2NC1=O. The van der Waals surface area contributed by atoms with Crippen LogP contribution in [0.1, 0.15) is 38.3 Å². The second-order valence-corrected chi connectivity index (χ2v) is 9.17. The predicted molar refractivity (Wildman–Crippen MR) is 146 cm³/mol. The summed E-state index contributed by atoms with van der Waals surface area (Å²) in [5.74, 6) is -0.932. The van der Waals surface area contributed by atoms with Gasteiger partial charge in [0.1, 0.15) is 23.3 Å². The molecule has 4 rings (SSSR count). The topological polar surface area (TPSA) is 141 Å². The van der Waals surface area contributed by atoms with Crippen molar-refractivity contribution in [3.63, 3.8) is 0 Å². The van der Waals surface area contributed by atoms with E-state index in [1.165, 1.54) is 33.5 Å². The lowest BCUT2D eigenvalue weighted by Gasteiger charge is -2.17. The van der Waals surface area contributed by atoms with Crippen molar-refractivity contribution in [2.45, 2.75) is 26.3 Å². The van der Waals surface area contributed by atoms with Gasteiger partial charge in [0.25, 0.3) is 11.8 Å². The molecule has 1 aliphatic rings. The molecule has 0 aromatic heterocycles. The third-order valence-corrected chi connectivity index (χ3v) is 6.13. The van der Waals surface area contributed by atoms with Crippen molar-refractivity contribution in [2.24, 2.45) is 0 Å². The average molecular weight is 548 g/mol.